The van der Waals surface area contributed by atoms with E-state index >= 15 is 0 Å². The molecule has 0 amide bonds. The van der Waals surface area contributed by atoms with E-state index in [4.69, 9.17) is 0 Å². The summed E-state index contributed by atoms with van der Waals surface area (Å²) in [5.74, 6) is -24.2. The Labute approximate surface area is 170 Å². The molecule has 0 aromatic carbocycles. The first kappa shape index (κ1) is 32.1. The number of hydrogen-bond acceptors (Lipinski definition) is 3. The zero-order chi connectivity index (χ0) is 28.2. The molecule has 0 aliphatic heterocycles. The van der Waals surface area contributed by atoms with Crippen LogP contribution in [0.3, 0.4) is 0 Å². The zero-order valence-corrected chi connectivity index (χ0v) is 14.5. The molecule has 0 rings (SSSR count). The Morgan fingerprint density at radius 3 is 1.00 bits per heavy atom. The van der Waals surface area contributed by atoms with Crippen molar-refractivity contribution in [2.45, 2.75) is 54.5 Å². The van der Waals surface area contributed by atoms with Crippen molar-refractivity contribution in [3.8, 4) is 0 Å². The van der Waals surface area contributed by atoms with Crippen molar-refractivity contribution >= 4 is 0 Å². The summed E-state index contributed by atoms with van der Waals surface area (Å²) in [5.41, 5.74) is 0. The number of rotatable bonds is 9. The van der Waals surface area contributed by atoms with Crippen molar-refractivity contribution in [3.05, 3.63) is 12.6 Å². The molecule has 0 radical (unpaired) electrons. The lowest BCUT2D eigenvalue weighted by Gasteiger charge is -2.41. The van der Waals surface area contributed by atoms with Crippen molar-refractivity contribution in [1.82, 2.24) is 0 Å². The average Bonchev–Trinajstić information content (AvgIpc) is 2.48. The summed E-state index contributed by atoms with van der Waals surface area (Å²) in [6, 6.07) is -3.21. The third-order valence-electron chi connectivity index (χ3n) is 2.98. The van der Waals surface area contributed by atoms with Gasteiger partial charge in [0.05, 0.1) is 0 Å². The highest BCUT2D eigenvalue weighted by atomic mass is 19.4. The van der Waals surface area contributed by atoms with Gasteiger partial charge < -0.3 is 4.74 Å². The van der Waals surface area contributed by atoms with Gasteiger partial charge in [-0.3, -0.25) is 9.47 Å². The highest BCUT2D eigenvalue weighted by molar-refractivity contribution is 4.97. The number of hydrogen-bond donors (Lipinski definition) is 0. The fourth-order valence-corrected chi connectivity index (χ4v) is 1.42. The predicted molar refractivity (Wildman–Crippen MR) is 59.1 cm³/mol. The molecule has 0 saturated heterocycles. The Bertz CT molecular complexity index is 748. The van der Waals surface area contributed by atoms with Gasteiger partial charge >= 0.3 is 54.5 Å². The van der Waals surface area contributed by atoms with Crippen LogP contribution in [0.2, 0.25) is 0 Å². The van der Waals surface area contributed by atoms with Gasteiger partial charge in [0.2, 0.25) is 0 Å². The molecule has 0 fully saturated rings. The molecule has 0 heterocycles. The summed E-state index contributed by atoms with van der Waals surface area (Å²) in [6.45, 7) is 1.61. The average molecular weight is 562 g/mol. The molecule has 34 heavy (non-hydrogen) atoms. The minimum Gasteiger partial charge on any atom is -0.402 e. The van der Waals surface area contributed by atoms with Crippen LogP contribution in [0.4, 0.5) is 87.8 Å². The summed E-state index contributed by atoms with van der Waals surface area (Å²) >= 11 is 0. The zero-order valence-electron chi connectivity index (χ0n) is 14.5. The monoisotopic (exact) mass is 562 g/mol. The molecular formula is C11H2F20O3. The predicted octanol–water partition coefficient (Wildman–Crippen LogP) is 6.91. The minimum absolute atomic E-state index is 1.12. The van der Waals surface area contributed by atoms with Gasteiger partial charge in [-0.1, -0.05) is 0 Å². The largest absolute Gasteiger partial charge is 0.471 e. The Morgan fingerprint density at radius 2 is 0.735 bits per heavy atom. The fourth-order valence-electron chi connectivity index (χ4n) is 1.42. The third kappa shape index (κ3) is 5.32. The van der Waals surface area contributed by atoms with Crippen molar-refractivity contribution in [3.63, 3.8) is 0 Å². The van der Waals surface area contributed by atoms with E-state index in [9.17, 15) is 87.8 Å². The van der Waals surface area contributed by atoms with Crippen LogP contribution >= 0.6 is 0 Å². The van der Waals surface area contributed by atoms with Gasteiger partial charge in [0.25, 0.3) is 6.01 Å². The van der Waals surface area contributed by atoms with Gasteiger partial charge in [0.15, 0.2) is 0 Å². The number of halogens is 20. The van der Waals surface area contributed by atoms with Crippen molar-refractivity contribution < 1.29 is 102 Å². The number of alkyl halides is 19. The highest BCUT2D eigenvalue weighted by Crippen LogP contribution is 2.58. The van der Waals surface area contributed by atoms with E-state index in [1.165, 1.54) is 4.74 Å². The Hall–Kier alpha value is -1.94. The maximum atomic E-state index is 13.7. The summed E-state index contributed by atoms with van der Waals surface area (Å²) in [6.07, 6.45) is -47.5. The normalized spacial score (nSPS) is 18.8. The van der Waals surface area contributed by atoms with E-state index < -0.39 is 60.5 Å². The van der Waals surface area contributed by atoms with Crippen LogP contribution in [0.25, 0.3) is 0 Å². The Kier molecular flexibility index (Phi) is 7.85. The molecule has 0 saturated carbocycles. The first-order valence-electron chi connectivity index (χ1n) is 6.86. The highest BCUT2D eigenvalue weighted by Gasteiger charge is 2.87. The first-order valence-corrected chi connectivity index (χ1v) is 6.86. The third-order valence-corrected chi connectivity index (χ3v) is 2.98. The summed E-state index contributed by atoms with van der Waals surface area (Å²) < 4.78 is 260. The van der Waals surface area contributed by atoms with E-state index in [-0.39, 0.29) is 0 Å². The molecule has 0 aliphatic rings. The minimum atomic E-state index is -8.36. The quantitative estimate of drug-likeness (QED) is 0.226. The first-order chi connectivity index (χ1) is 14.3. The standard InChI is InChI=1S/C11H2F20O3/c1-2(12)32-10(28,29)4(15,7(20,21)22)34-11(30,31)5(16,8(23,24)25)33-9(26,27)3(13,14)6(17,18)19/h1H2. The van der Waals surface area contributed by atoms with Crippen LogP contribution in [-0.4, -0.2) is 54.5 Å². The second kappa shape index (κ2) is 8.33. The van der Waals surface area contributed by atoms with E-state index in [2.05, 4.69) is 4.74 Å². The molecule has 2 unspecified atom stereocenters. The van der Waals surface area contributed by atoms with E-state index in [0.717, 1.165) is 4.74 Å². The molecule has 3 nitrogen and oxygen atoms in total. The van der Waals surface area contributed by atoms with E-state index in [0.29, 0.717) is 0 Å². The van der Waals surface area contributed by atoms with Crippen LogP contribution in [0.1, 0.15) is 0 Å². The van der Waals surface area contributed by atoms with E-state index in [1.54, 1.807) is 6.58 Å². The lowest BCUT2D eigenvalue weighted by molar-refractivity contribution is -0.570. The van der Waals surface area contributed by atoms with Gasteiger partial charge in [-0.15, -0.1) is 0 Å². The van der Waals surface area contributed by atoms with Gasteiger partial charge in [-0.2, -0.15) is 87.8 Å². The SMILES string of the molecule is C=C(F)OC(F)(F)C(F)(OC(F)(F)C(F)(OC(F)(F)C(F)(F)C(F)(F)F)C(F)(F)F)C(F)(F)F. The van der Waals surface area contributed by atoms with Crippen LogP contribution in [0.15, 0.2) is 12.6 Å². The van der Waals surface area contributed by atoms with Crippen LogP contribution < -0.4 is 0 Å². The molecule has 0 aliphatic carbocycles. The second-order valence-electron chi connectivity index (χ2n) is 5.47. The molecule has 0 aromatic heterocycles. The Morgan fingerprint density at radius 1 is 0.441 bits per heavy atom. The van der Waals surface area contributed by atoms with Gasteiger partial charge in [-0.25, -0.2) is 0 Å². The molecular weight excluding hydrogens is 560 g/mol. The maximum Gasteiger partial charge on any atom is 0.471 e. The van der Waals surface area contributed by atoms with Gasteiger partial charge in [0, 0.05) is 0 Å². The molecule has 0 N–H and O–H groups in total. The summed E-state index contributed by atoms with van der Waals surface area (Å²) in [5, 5.41) is 0. The molecule has 0 aromatic rings. The molecule has 0 spiro atoms. The van der Waals surface area contributed by atoms with Crippen LogP contribution in [0.5, 0.6) is 0 Å². The summed E-state index contributed by atoms with van der Waals surface area (Å²) in [7, 11) is 0. The van der Waals surface area contributed by atoms with Crippen molar-refractivity contribution in [1.29, 1.82) is 0 Å². The molecule has 23 heteroatoms. The van der Waals surface area contributed by atoms with E-state index in [1.807, 2.05) is 0 Å². The lowest BCUT2D eigenvalue weighted by atomic mass is 10.2. The smallest absolute Gasteiger partial charge is 0.402 e. The molecule has 204 valence electrons. The molecule has 0 bridgehead atoms. The van der Waals surface area contributed by atoms with Crippen LogP contribution in [-0.2, 0) is 14.2 Å². The number of ether oxygens (including phenoxy) is 3. The van der Waals surface area contributed by atoms with Crippen LogP contribution in [0, 0.1) is 0 Å². The Balaban J connectivity index is 6.91. The second-order valence-corrected chi connectivity index (χ2v) is 5.47. The lowest BCUT2D eigenvalue weighted by Crippen LogP contribution is -2.69. The van der Waals surface area contributed by atoms with Gasteiger partial charge in [-0.05, 0) is 6.58 Å². The maximum absolute atomic E-state index is 13.7. The fraction of sp³-hybridized carbons (Fsp3) is 0.818. The van der Waals surface area contributed by atoms with Crippen molar-refractivity contribution in [2.75, 3.05) is 0 Å². The molecule has 2 atom stereocenters. The van der Waals surface area contributed by atoms with Gasteiger partial charge in [0.1, 0.15) is 0 Å². The topological polar surface area (TPSA) is 27.7 Å². The van der Waals surface area contributed by atoms with Crippen molar-refractivity contribution in [2.24, 2.45) is 0 Å². The summed E-state index contributed by atoms with van der Waals surface area (Å²) in [4.78, 5) is 0.